The zero-order chi connectivity index (χ0) is 10.3. The number of nitrogens with two attached hydrogens (primary N) is 2. The van der Waals surface area contributed by atoms with Crippen LogP contribution in [0.15, 0.2) is 0 Å². The molecule has 0 saturated carbocycles. The van der Waals surface area contributed by atoms with Gasteiger partial charge in [-0.1, -0.05) is 11.8 Å². The number of carbonyl (C=O) groups is 1. The van der Waals surface area contributed by atoms with Gasteiger partial charge in [0.25, 0.3) is 0 Å². The van der Waals surface area contributed by atoms with Crippen LogP contribution in [-0.2, 0) is 4.79 Å². The van der Waals surface area contributed by atoms with Crippen molar-refractivity contribution in [1.82, 2.24) is 0 Å². The summed E-state index contributed by atoms with van der Waals surface area (Å²) in [6.07, 6.45) is 3.38. The molecule has 0 heterocycles. The molecule has 0 aromatic carbocycles. The fourth-order valence-electron chi connectivity index (χ4n) is 0.866. The summed E-state index contributed by atoms with van der Waals surface area (Å²) in [6.45, 7) is 0.690. The highest BCUT2D eigenvalue weighted by Crippen LogP contribution is 2.01. The summed E-state index contributed by atoms with van der Waals surface area (Å²) in [5.41, 5.74) is 14.1. The first-order valence-electron chi connectivity index (χ1n) is 4.10. The Morgan fingerprint density at radius 3 is 2.69 bits per heavy atom. The normalized spacial score (nSPS) is 12.2. The molecule has 13 heavy (non-hydrogen) atoms. The van der Waals surface area contributed by atoms with E-state index < -0.39 is 0 Å². The predicted molar refractivity (Wildman–Crippen MR) is 53.6 cm³/mol. The summed E-state index contributed by atoms with van der Waals surface area (Å²) in [4.78, 5) is 13.8. The van der Waals surface area contributed by atoms with Crippen LogP contribution >= 0.6 is 11.8 Å². The summed E-state index contributed by atoms with van der Waals surface area (Å²) >= 11 is 1.22. The van der Waals surface area contributed by atoms with E-state index in [-0.39, 0.29) is 17.1 Å². The molecule has 0 amide bonds. The van der Waals surface area contributed by atoms with Gasteiger partial charge in [0.05, 0.1) is 6.54 Å². The SMILES string of the molecule is CSC(=O)[C@@H]([NH3+])CCC[NH+]=C(N)N. The van der Waals surface area contributed by atoms with Gasteiger partial charge in [-0.3, -0.25) is 21.3 Å². The average molecular weight is 206 g/mol. The molecule has 5 nitrogen and oxygen atoms in total. The van der Waals surface area contributed by atoms with Gasteiger partial charge >= 0.3 is 5.96 Å². The first-order chi connectivity index (χ1) is 6.07. The van der Waals surface area contributed by atoms with Gasteiger partial charge in [0.2, 0.25) is 5.12 Å². The minimum atomic E-state index is -0.129. The fourth-order valence-corrected chi connectivity index (χ4v) is 1.32. The van der Waals surface area contributed by atoms with Crippen molar-refractivity contribution in [3.8, 4) is 0 Å². The van der Waals surface area contributed by atoms with E-state index in [1.165, 1.54) is 11.8 Å². The molecular formula is C7H18N4OS+2. The molecule has 0 aliphatic heterocycles. The van der Waals surface area contributed by atoms with Gasteiger partial charge in [-0.05, 0) is 12.7 Å². The molecule has 0 aliphatic rings. The highest BCUT2D eigenvalue weighted by Gasteiger charge is 2.14. The summed E-state index contributed by atoms with van der Waals surface area (Å²) in [7, 11) is 0. The van der Waals surface area contributed by atoms with E-state index in [9.17, 15) is 4.79 Å². The van der Waals surface area contributed by atoms with Crippen LogP contribution in [0.2, 0.25) is 0 Å². The second-order valence-electron chi connectivity index (χ2n) is 2.74. The maximum Gasteiger partial charge on any atom is 0.338 e. The molecule has 0 aromatic rings. The van der Waals surface area contributed by atoms with Crippen molar-refractivity contribution in [1.29, 1.82) is 0 Å². The van der Waals surface area contributed by atoms with Crippen molar-refractivity contribution in [3.05, 3.63) is 0 Å². The minimum absolute atomic E-state index is 0.129. The molecular weight excluding hydrogens is 188 g/mol. The van der Waals surface area contributed by atoms with Gasteiger partial charge in [0.1, 0.15) is 0 Å². The van der Waals surface area contributed by atoms with Crippen molar-refractivity contribution < 1.29 is 15.5 Å². The standard InChI is InChI=1S/C7H16N4OS/c1-13-6(12)5(8)3-2-4-11-7(9)10/h5H,2-4,8H2,1H3,(H4,9,10,11)/p+2/t5-/m0/s1. The van der Waals surface area contributed by atoms with Crippen LogP contribution in [0, 0.1) is 0 Å². The maximum absolute atomic E-state index is 11.1. The van der Waals surface area contributed by atoms with Gasteiger partial charge in [-0.25, -0.2) is 0 Å². The zero-order valence-corrected chi connectivity index (χ0v) is 8.69. The molecule has 0 fully saturated rings. The highest BCUT2D eigenvalue weighted by molar-refractivity contribution is 8.13. The quantitative estimate of drug-likeness (QED) is 0.214. The molecule has 6 heteroatoms. The number of hydrogen-bond acceptors (Lipinski definition) is 2. The predicted octanol–water partition coefficient (Wildman–Crippen LogP) is -3.38. The van der Waals surface area contributed by atoms with Crippen molar-refractivity contribution in [2.75, 3.05) is 12.8 Å². The Balaban J connectivity index is 3.53. The van der Waals surface area contributed by atoms with E-state index in [2.05, 4.69) is 10.7 Å². The number of quaternary nitrogens is 1. The largest absolute Gasteiger partial charge is 0.348 e. The van der Waals surface area contributed by atoms with Gasteiger partial charge < -0.3 is 5.73 Å². The number of guanidine groups is 1. The van der Waals surface area contributed by atoms with Crippen LogP contribution in [0.1, 0.15) is 12.8 Å². The van der Waals surface area contributed by atoms with Crippen molar-refractivity contribution in [2.24, 2.45) is 11.5 Å². The Kier molecular flexibility index (Phi) is 6.34. The maximum atomic E-state index is 11.1. The molecule has 0 spiro atoms. The lowest BCUT2D eigenvalue weighted by Crippen LogP contribution is -2.78. The third-order valence-corrected chi connectivity index (χ3v) is 2.33. The van der Waals surface area contributed by atoms with E-state index in [1.54, 1.807) is 6.26 Å². The van der Waals surface area contributed by atoms with Gasteiger partial charge in [-0.15, -0.1) is 0 Å². The lowest BCUT2D eigenvalue weighted by atomic mass is 10.2. The van der Waals surface area contributed by atoms with E-state index >= 15 is 0 Å². The van der Waals surface area contributed by atoms with Crippen LogP contribution < -0.4 is 22.2 Å². The third-order valence-electron chi connectivity index (χ3n) is 1.59. The Bertz CT molecular complexity index is 191. The topological polar surface area (TPSA) is 111 Å². The summed E-state index contributed by atoms with van der Waals surface area (Å²) in [6, 6.07) is -0.129. The summed E-state index contributed by atoms with van der Waals surface area (Å²) in [5, 5.41) is 0.129. The third kappa shape index (κ3) is 6.41. The zero-order valence-electron chi connectivity index (χ0n) is 7.88. The molecule has 0 saturated heterocycles. The second kappa shape index (κ2) is 6.73. The van der Waals surface area contributed by atoms with E-state index in [0.29, 0.717) is 6.54 Å². The Morgan fingerprint density at radius 1 is 1.62 bits per heavy atom. The molecule has 0 bridgehead atoms. The molecule has 0 radical (unpaired) electrons. The second-order valence-corrected chi connectivity index (χ2v) is 3.56. The van der Waals surface area contributed by atoms with Crippen molar-refractivity contribution >= 4 is 22.8 Å². The summed E-state index contributed by atoms with van der Waals surface area (Å²) in [5.74, 6) is 0.219. The number of rotatable bonds is 5. The number of hydrogen-bond donors (Lipinski definition) is 4. The summed E-state index contributed by atoms with van der Waals surface area (Å²) < 4.78 is 0. The highest BCUT2D eigenvalue weighted by atomic mass is 32.2. The lowest BCUT2D eigenvalue weighted by molar-refractivity contribution is -0.463. The monoisotopic (exact) mass is 206 g/mol. The van der Waals surface area contributed by atoms with Crippen LogP contribution in [-0.4, -0.2) is 29.9 Å². The van der Waals surface area contributed by atoms with Crippen LogP contribution in [0.5, 0.6) is 0 Å². The number of thioether (sulfide) groups is 1. The molecule has 0 aliphatic carbocycles. The Labute approximate surface area is 82.1 Å². The number of nitrogens with one attached hydrogen (secondary N) is 1. The number of carbonyl (C=O) groups excluding carboxylic acids is 1. The molecule has 1 atom stereocenters. The lowest BCUT2D eigenvalue weighted by Gasteiger charge is -2.02. The van der Waals surface area contributed by atoms with E-state index in [0.717, 1.165) is 12.8 Å². The first-order valence-corrected chi connectivity index (χ1v) is 5.33. The smallest absolute Gasteiger partial charge is 0.338 e. The minimum Gasteiger partial charge on any atom is -0.348 e. The van der Waals surface area contributed by atoms with Crippen LogP contribution in [0.3, 0.4) is 0 Å². The fraction of sp³-hybridized carbons (Fsp3) is 0.714. The molecule has 0 aromatic heterocycles. The molecule has 76 valence electrons. The van der Waals surface area contributed by atoms with Crippen molar-refractivity contribution in [2.45, 2.75) is 18.9 Å². The van der Waals surface area contributed by atoms with Gasteiger partial charge in [0, 0.05) is 6.42 Å². The van der Waals surface area contributed by atoms with Crippen LogP contribution in [0.4, 0.5) is 0 Å². The molecule has 0 unspecified atom stereocenters. The Hall–Kier alpha value is -0.750. The van der Waals surface area contributed by atoms with Gasteiger partial charge in [0.15, 0.2) is 6.04 Å². The van der Waals surface area contributed by atoms with Crippen molar-refractivity contribution in [3.63, 3.8) is 0 Å². The first kappa shape index (κ1) is 12.2. The molecule has 8 N–H and O–H groups in total. The Morgan fingerprint density at radius 2 is 2.23 bits per heavy atom. The van der Waals surface area contributed by atoms with E-state index in [1.807, 2.05) is 0 Å². The van der Waals surface area contributed by atoms with E-state index in [4.69, 9.17) is 11.5 Å². The van der Waals surface area contributed by atoms with Gasteiger partial charge in [-0.2, -0.15) is 0 Å². The average Bonchev–Trinajstić information content (AvgIpc) is 2.10. The van der Waals surface area contributed by atoms with Crippen LogP contribution in [0.25, 0.3) is 0 Å². The molecule has 0 rings (SSSR count).